The molecular weight excluding hydrogens is 206 g/mol. The molecule has 1 aliphatic heterocycles. The molecule has 3 heteroatoms. The molecule has 0 aliphatic carbocycles. The van der Waals surface area contributed by atoms with Crippen molar-refractivity contribution in [2.45, 2.75) is 0 Å². The van der Waals surface area contributed by atoms with E-state index in [1.54, 1.807) is 11.3 Å². The number of hydrogen-bond acceptors (Lipinski definition) is 3. The van der Waals surface area contributed by atoms with Gasteiger partial charge in [0.1, 0.15) is 0 Å². The molecule has 1 saturated heterocycles. The van der Waals surface area contributed by atoms with Gasteiger partial charge in [-0.3, -0.25) is 0 Å². The highest BCUT2D eigenvalue weighted by atomic mass is 32.1. The lowest BCUT2D eigenvalue weighted by atomic mass is 10.0. The SMILES string of the molecule is OCC1CN(c2csc3ccccc23)C1. The molecule has 0 radical (unpaired) electrons. The number of aliphatic hydroxyl groups is 1. The summed E-state index contributed by atoms with van der Waals surface area (Å²) in [5.74, 6) is 0.476. The molecule has 3 rings (SSSR count). The maximum absolute atomic E-state index is 8.99. The first-order valence-electron chi connectivity index (χ1n) is 5.20. The Labute approximate surface area is 92.8 Å². The van der Waals surface area contributed by atoms with Crippen molar-refractivity contribution in [1.29, 1.82) is 0 Å². The highest BCUT2D eigenvalue weighted by Gasteiger charge is 2.27. The molecule has 2 nitrogen and oxygen atoms in total. The second kappa shape index (κ2) is 3.51. The van der Waals surface area contributed by atoms with Gasteiger partial charge in [0.05, 0.1) is 5.69 Å². The lowest BCUT2D eigenvalue weighted by Gasteiger charge is -2.39. The maximum Gasteiger partial charge on any atom is 0.0555 e. The maximum atomic E-state index is 8.99. The minimum absolute atomic E-state index is 0.318. The smallest absolute Gasteiger partial charge is 0.0555 e. The summed E-state index contributed by atoms with van der Waals surface area (Å²) in [6, 6.07) is 8.50. The largest absolute Gasteiger partial charge is 0.396 e. The molecule has 1 aromatic carbocycles. The number of fused-ring (bicyclic) bond motifs is 1. The monoisotopic (exact) mass is 219 g/mol. The second-order valence-corrected chi connectivity index (χ2v) is 4.98. The summed E-state index contributed by atoms with van der Waals surface area (Å²) in [6.45, 7) is 2.31. The van der Waals surface area contributed by atoms with Crippen molar-refractivity contribution in [3.63, 3.8) is 0 Å². The Hall–Kier alpha value is -1.06. The average Bonchev–Trinajstić information content (AvgIpc) is 2.61. The molecule has 2 aromatic rings. The molecule has 2 heterocycles. The van der Waals surface area contributed by atoms with E-state index >= 15 is 0 Å². The van der Waals surface area contributed by atoms with Crippen LogP contribution in [0.5, 0.6) is 0 Å². The van der Waals surface area contributed by atoms with Gasteiger partial charge in [-0.1, -0.05) is 18.2 Å². The zero-order chi connectivity index (χ0) is 10.3. The molecule has 0 atom stereocenters. The van der Waals surface area contributed by atoms with Crippen LogP contribution in [0.4, 0.5) is 5.69 Å². The Balaban J connectivity index is 1.92. The summed E-state index contributed by atoms with van der Waals surface area (Å²) in [6.07, 6.45) is 0. The standard InChI is InChI=1S/C12H13NOS/c14-7-9-5-13(6-9)11-8-15-12-4-2-1-3-10(11)12/h1-4,8-9,14H,5-7H2. The lowest BCUT2D eigenvalue weighted by Crippen LogP contribution is -2.48. The molecule has 0 spiro atoms. The fraction of sp³-hybridized carbons (Fsp3) is 0.333. The highest BCUT2D eigenvalue weighted by molar-refractivity contribution is 7.17. The van der Waals surface area contributed by atoms with Gasteiger partial charge in [0.15, 0.2) is 0 Å². The number of benzene rings is 1. The molecule has 1 N–H and O–H groups in total. The third kappa shape index (κ3) is 1.43. The van der Waals surface area contributed by atoms with E-state index in [0.29, 0.717) is 12.5 Å². The van der Waals surface area contributed by atoms with Gasteiger partial charge in [-0.05, 0) is 6.07 Å². The normalized spacial score (nSPS) is 17.0. The number of thiophene rings is 1. The van der Waals surface area contributed by atoms with Crippen LogP contribution in [-0.4, -0.2) is 24.8 Å². The number of nitrogens with zero attached hydrogens (tertiary/aromatic N) is 1. The van der Waals surface area contributed by atoms with E-state index in [-0.39, 0.29) is 0 Å². The minimum atomic E-state index is 0.318. The molecule has 0 unspecified atom stereocenters. The van der Waals surface area contributed by atoms with Crippen molar-refractivity contribution in [2.75, 3.05) is 24.6 Å². The molecule has 78 valence electrons. The number of aliphatic hydroxyl groups excluding tert-OH is 1. The molecular formula is C12H13NOS. The summed E-state index contributed by atoms with van der Waals surface area (Å²) in [7, 11) is 0. The van der Waals surface area contributed by atoms with E-state index in [2.05, 4.69) is 34.5 Å². The van der Waals surface area contributed by atoms with Crippen LogP contribution in [0.2, 0.25) is 0 Å². The highest BCUT2D eigenvalue weighted by Crippen LogP contribution is 2.36. The van der Waals surface area contributed by atoms with E-state index in [9.17, 15) is 0 Å². The second-order valence-electron chi connectivity index (χ2n) is 4.07. The number of anilines is 1. The molecule has 1 aromatic heterocycles. The summed E-state index contributed by atoms with van der Waals surface area (Å²) < 4.78 is 1.35. The van der Waals surface area contributed by atoms with E-state index in [0.717, 1.165) is 13.1 Å². The van der Waals surface area contributed by atoms with Crippen molar-refractivity contribution in [1.82, 2.24) is 0 Å². The first-order chi connectivity index (χ1) is 7.38. The molecule has 0 bridgehead atoms. The molecule has 0 saturated carbocycles. The number of hydrogen-bond donors (Lipinski definition) is 1. The van der Waals surface area contributed by atoms with Crippen molar-refractivity contribution < 1.29 is 5.11 Å². The Morgan fingerprint density at radius 2 is 2.13 bits per heavy atom. The van der Waals surface area contributed by atoms with Crippen LogP contribution in [-0.2, 0) is 0 Å². The van der Waals surface area contributed by atoms with E-state index in [4.69, 9.17) is 5.11 Å². The van der Waals surface area contributed by atoms with Crippen LogP contribution in [0.15, 0.2) is 29.6 Å². The van der Waals surface area contributed by atoms with Crippen molar-refractivity contribution in [3.05, 3.63) is 29.6 Å². The van der Waals surface area contributed by atoms with E-state index in [1.807, 2.05) is 0 Å². The van der Waals surface area contributed by atoms with Gasteiger partial charge < -0.3 is 10.0 Å². The zero-order valence-electron chi connectivity index (χ0n) is 8.39. The third-order valence-corrected chi connectivity index (χ3v) is 3.97. The fourth-order valence-corrected chi connectivity index (χ4v) is 3.06. The summed E-state index contributed by atoms with van der Waals surface area (Å²) in [5, 5.41) is 12.6. The van der Waals surface area contributed by atoms with Gasteiger partial charge in [-0.15, -0.1) is 11.3 Å². The Kier molecular flexibility index (Phi) is 2.15. The fourth-order valence-electron chi connectivity index (χ4n) is 2.09. The van der Waals surface area contributed by atoms with Gasteiger partial charge in [0.25, 0.3) is 0 Å². The Morgan fingerprint density at radius 1 is 1.33 bits per heavy atom. The van der Waals surface area contributed by atoms with Crippen molar-refractivity contribution in [2.24, 2.45) is 5.92 Å². The van der Waals surface area contributed by atoms with E-state index in [1.165, 1.54) is 15.8 Å². The summed E-state index contributed by atoms with van der Waals surface area (Å²) in [4.78, 5) is 2.35. The topological polar surface area (TPSA) is 23.5 Å². The van der Waals surface area contributed by atoms with Gasteiger partial charge in [-0.2, -0.15) is 0 Å². The summed E-state index contributed by atoms with van der Waals surface area (Å²) in [5.41, 5.74) is 1.33. The Morgan fingerprint density at radius 3 is 2.93 bits per heavy atom. The number of rotatable bonds is 2. The molecule has 1 aliphatic rings. The first kappa shape index (κ1) is 9.19. The summed E-state index contributed by atoms with van der Waals surface area (Å²) >= 11 is 1.80. The van der Waals surface area contributed by atoms with Crippen LogP contribution in [0.1, 0.15) is 0 Å². The lowest BCUT2D eigenvalue weighted by molar-refractivity contribution is 0.201. The van der Waals surface area contributed by atoms with E-state index < -0.39 is 0 Å². The Bertz CT molecular complexity index is 473. The van der Waals surface area contributed by atoms with Gasteiger partial charge >= 0.3 is 0 Å². The van der Waals surface area contributed by atoms with Crippen LogP contribution < -0.4 is 4.90 Å². The quantitative estimate of drug-likeness (QED) is 0.838. The zero-order valence-corrected chi connectivity index (χ0v) is 9.20. The van der Waals surface area contributed by atoms with Crippen molar-refractivity contribution in [3.8, 4) is 0 Å². The first-order valence-corrected chi connectivity index (χ1v) is 6.08. The average molecular weight is 219 g/mol. The van der Waals surface area contributed by atoms with Gasteiger partial charge in [-0.25, -0.2) is 0 Å². The minimum Gasteiger partial charge on any atom is -0.396 e. The molecule has 15 heavy (non-hydrogen) atoms. The van der Waals surface area contributed by atoms with Gasteiger partial charge in [0, 0.05) is 41.1 Å². The predicted molar refractivity (Wildman–Crippen MR) is 64.6 cm³/mol. The van der Waals surface area contributed by atoms with Crippen LogP contribution in [0, 0.1) is 5.92 Å². The van der Waals surface area contributed by atoms with Crippen LogP contribution >= 0.6 is 11.3 Å². The van der Waals surface area contributed by atoms with Crippen molar-refractivity contribution >= 4 is 27.1 Å². The third-order valence-electron chi connectivity index (χ3n) is 3.02. The predicted octanol–water partition coefficient (Wildman–Crippen LogP) is 2.33. The van der Waals surface area contributed by atoms with Crippen LogP contribution in [0.25, 0.3) is 10.1 Å². The van der Waals surface area contributed by atoms with Crippen LogP contribution in [0.3, 0.4) is 0 Å². The van der Waals surface area contributed by atoms with Gasteiger partial charge in [0.2, 0.25) is 0 Å². The molecule has 0 amide bonds. The molecule has 1 fully saturated rings.